The fraction of sp³-hybridized carbons (Fsp3) is 0.182. The Morgan fingerprint density at radius 1 is 1.13 bits per heavy atom. The SMILES string of the molecule is Cc1nc(-c2ccccc2)sc1C(=O)NCCCn1nc(-c2ccco2)ccc1=O. The van der Waals surface area contributed by atoms with Gasteiger partial charge in [0.05, 0.1) is 12.0 Å². The lowest BCUT2D eigenvalue weighted by molar-refractivity contribution is 0.0956. The molecule has 0 aliphatic carbocycles. The van der Waals surface area contributed by atoms with Gasteiger partial charge in [0.2, 0.25) is 0 Å². The van der Waals surface area contributed by atoms with Crippen LogP contribution in [0, 0.1) is 6.92 Å². The fourth-order valence-corrected chi connectivity index (χ4v) is 3.98. The molecule has 152 valence electrons. The highest BCUT2D eigenvalue weighted by atomic mass is 32.1. The standard InChI is InChI=1S/C22H20N4O3S/c1-15-20(30-22(24-15)16-7-3-2-4-8-16)21(28)23-12-6-13-26-19(27)11-10-17(25-26)18-9-5-14-29-18/h2-5,7-11,14H,6,12-13H2,1H3,(H,23,28). The average Bonchev–Trinajstić information content (AvgIpc) is 3.43. The Labute approximate surface area is 177 Å². The van der Waals surface area contributed by atoms with Gasteiger partial charge >= 0.3 is 0 Å². The molecule has 0 bridgehead atoms. The number of nitrogens with one attached hydrogen (secondary N) is 1. The van der Waals surface area contributed by atoms with Crippen LogP contribution in [0.25, 0.3) is 22.0 Å². The summed E-state index contributed by atoms with van der Waals surface area (Å²) in [5.41, 5.74) is 2.10. The second-order valence-electron chi connectivity index (χ2n) is 6.67. The van der Waals surface area contributed by atoms with Crippen molar-refractivity contribution in [3.05, 3.63) is 81.8 Å². The van der Waals surface area contributed by atoms with Crippen molar-refractivity contribution < 1.29 is 9.21 Å². The van der Waals surface area contributed by atoms with Crippen LogP contribution in [0.5, 0.6) is 0 Å². The van der Waals surface area contributed by atoms with E-state index in [1.165, 1.54) is 22.1 Å². The number of benzene rings is 1. The number of amides is 1. The third kappa shape index (κ3) is 4.38. The zero-order valence-corrected chi connectivity index (χ0v) is 17.2. The first-order chi connectivity index (χ1) is 14.6. The minimum Gasteiger partial charge on any atom is -0.463 e. The first kappa shape index (κ1) is 19.8. The van der Waals surface area contributed by atoms with E-state index in [1.54, 1.807) is 24.5 Å². The van der Waals surface area contributed by atoms with Crippen LogP contribution in [-0.4, -0.2) is 27.2 Å². The molecule has 1 amide bonds. The number of hydrogen-bond acceptors (Lipinski definition) is 6. The van der Waals surface area contributed by atoms with Gasteiger partial charge < -0.3 is 9.73 Å². The van der Waals surface area contributed by atoms with E-state index in [-0.39, 0.29) is 11.5 Å². The molecule has 1 N–H and O–H groups in total. The molecule has 4 rings (SSSR count). The lowest BCUT2D eigenvalue weighted by atomic mass is 10.2. The van der Waals surface area contributed by atoms with Gasteiger partial charge in [-0.25, -0.2) is 9.67 Å². The van der Waals surface area contributed by atoms with Crippen LogP contribution in [0.2, 0.25) is 0 Å². The van der Waals surface area contributed by atoms with Crippen molar-refractivity contribution in [1.29, 1.82) is 0 Å². The number of carbonyl (C=O) groups excluding carboxylic acids is 1. The summed E-state index contributed by atoms with van der Waals surface area (Å²) in [6.07, 6.45) is 2.14. The molecule has 7 nitrogen and oxygen atoms in total. The molecule has 0 unspecified atom stereocenters. The number of rotatable bonds is 7. The maximum atomic E-state index is 12.6. The van der Waals surface area contributed by atoms with E-state index in [0.717, 1.165) is 10.6 Å². The molecule has 0 atom stereocenters. The normalized spacial score (nSPS) is 10.8. The van der Waals surface area contributed by atoms with Crippen LogP contribution in [0.15, 0.2) is 70.1 Å². The van der Waals surface area contributed by atoms with Crippen molar-refractivity contribution in [1.82, 2.24) is 20.1 Å². The molecule has 0 fully saturated rings. The molecule has 0 saturated carbocycles. The third-order valence-electron chi connectivity index (χ3n) is 4.50. The molecule has 8 heteroatoms. The largest absolute Gasteiger partial charge is 0.463 e. The first-order valence-corrected chi connectivity index (χ1v) is 10.4. The van der Waals surface area contributed by atoms with Gasteiger partial charge in [0.15, 0.2) is 5.76 Å². The molecular weight excluding hydrogens is 400 g/mol. The van der Waals surface area contributed by atoms with Crippen LogP contribution in [0.1, 0.15) is 21.8 Å². The van der Waals surface area contributed by atoms with E-state index < -0.39 is 0 Å². The Morgan fingerprint density at radius 3 is 2.73 bits per heavy atom. The van der Waals surface area contributed by atoms with Crippen LogP contribution in [0.3, 0.4) is 0 Å². The van der Waals surface area contributed by atoms with Crippen molar-refractivity contribution in [3.8, 4) is 22.0 Å². The number of furan rings is 1. The van der Waals surface area contributed by atoms with Crippen LogP contribution < -0.4 is 10.9 Å². The summed E-state index contributed by atoms with van der Waals surface area (Å²) in [5, 5.41) is 8.06. The smallest absolute Gasteiger partial charge is 0.266 e. The zero-order valence-electron chi connectivity index (χ0n) is 16.4. The molecule has 4 aromatic rings. The van der Waals surface area contributed by atoms with Crippen molar-refractivity contribution in [2.75, 3.05) is 6.54 Å². The van der Waals surface area contributed by atoms with Crippen molar-refractivity contribution in [2.45, 2.75) is 19.9 Å². The van der Waals surface area contributed by atoms with Gasteiger partial charge in [0.1, 0.15) is 15.6 Å². The maximum absolute atomic E-state index is 12.6. The van der Waals surface area contributed by atoms with E-state index >= 15 is 0 Å². The molecule has 30 heavy (non-hydrogen) atoms. The summed E-state index contributed by atoms with van der Waals surface area (Å²) in [7, 11) is 0. The summed E-state index contributed by atoms with van der Waals surface area (Å²) in [4.78, 5) is 29.7. The summed E-state index contributed by atoms with van der Waals surface area (Å²) in [6.45, 7) is 2.65. The highest BCUT2D eigenvalue weighted by molar-refractivity contribution is 7.17. The monoisotopic (exact) mass is 420 g/mol. The highest BCUT2D eigenvalue weighted by Crippen LogP contribution is 2.27. The molecule has 0 aliphatic heterocycles. The highest BCUT2D eigenvalue weighted by Gasteiger charge is 2.15. The van der Waals surface area contributed by atoms with Crippen LogP contribution in [0.4, 0.5) is 0 Å². The lowest BCUT2D eigenvalue weighted by Gasteiger charge is -2.07. The Kier molecular flexibility index (Phi) is 5.85. The molecular formula is C22H20N4O3S. The Bertz CT molecular complexity index is 1200. The second kappa shape index (κ2) is 8.87. The molecule has 0 spiro atoms. The molecule has 0 aliphatic rings. The Morgan fingerprint density at radius 2 is 1.97 bits per heavy atom. The van der Waals surface area contributed by atoms with E-state index in [2.05, 4.69) is 15.4 Å². The van der Waals surface area contributed by atoms with E-state index in [9.17, 15) is 9.59 Å². The number of aryl methyl sites for hydroxylation is 2. The van der Waals surface area contributed by atoms with Crippen molar-refractivity contribution in [3.63, 3.8) is 0 Å². The molecule has 0 saturated heterocycles. The maximum Gasteiger partial charge on any atom is 0.266 e. The number of thiazole rings is 1. The number of carbonyl (C=O) groups is 1. The van der Waals surface area contributed by atoms with Gasteiger partial charge in [0, 0.05) is 24.7 Å². The summed E-state index contributed by atoms with van der Waals surface area (Å²) < 4.78 is 6.71. The van der Waals surface area contributed by atoms with Crippen LogP contribution in [-0.2, 0) is 6.54 Å². The van der Waals surface area contributed by atoms with Gasteiger partial charge in [0.25, 0.3) is 11.5 Å². The van der Waals surface area contributed by atoms with Gasteiger partial charge in [-0.2, -0.15) is 5.10 Å². The summed E-state index contributed by atoms with van der Waals surface area (Å²) >= 11 is 1.38. The fourth-order valence-electron chi connectivity index (χ4n) is 2.99. The summed E-state index contributed by atoms with van der Waals surface area (Å²) in [6, 6.07) is 16.5. The van der Waals surface area contributed by atoms with E-state index in [4.69, 9.17) is 4.42 Å². The van der Waals surface area contributed by atoms with Crippen molar-refractivity contribution in [2.24, 2.45) is 0 Å². The Hall–Kier alpha value is -3.52. The minimum absolute atomic E-state index is 0.156. The number of aromatic nitrogens is 3. The quantitative estimate of drug-likeness (QED) is 0.460. The molecule has 3 heterocycles. The molecule has 3 aromatic heterocycles. The Balaban J connectivity index is 1.35. The molecule has 0 radical (unpaired) electrons. The van der Waals surface area contributed by atoms with Crippen LogP contribution >= 0.6 is 11.3 Å². The lowest BCUT2D eigenvalue weighted by Crippen LogP contribution is -2.28. The summed E-state index contributed by atoms with van der Waals surface area (Å²) in [5.74, 6) is 0.448. The predicted octanol–water partition coefficient (Wildman–Crippen LogP) is 3.76. The average molecular weight is 420 g/mol. The predicted molar refractivity (Wildman–Crippen MR) is 115 cm³/mol. The van der Waals surface area contributed by atoms with Gasteiger partial charge in [-0.3, -0.25) is 9.59 Å². The van der Waals surface area contributed by atoms with Gasteiger partial charge in [-0.15, -0.1) is 11.3 Å². The van der Waals surface area contributed by atoms with E-state index in [0.29, 0.717) is 41.5 Å². The zero-order chi connectivity index (χ0) is 20.9. The van der Waals surface area contributed by atoms with Crippen molar-refractivity contribution >= 4 is 17.2 Å². The topological polar surface area (TPSA) is 90.0 Å². The van der Waals surface area contributed by atoms with Gasteiger partial charge in [-0.05, 0) is 31.5 Å². The van der Waals surface area contributed by atoms with E-state index in [1.807, 2.05) is 37.3 Å². The third-order valence-corrected chi connectivity index (χ3v) is 5.70. The molecule has 1 aromatic carbocycles. The number of nitrogens with zero attached hydrogens (tertiary/aromatic N) is 3. The number of hydrogen-bond donors (Lipinski definition) is 1. The first-order valence-electron chi connectivity index (χ1n) is 9.55. The minimum atomic E-state index is -0.192. The second-order valence-corrected chi connectivity index (χ2v) is 7.67. The van der Waals surface area contributed by atoms with Gasteiger partial charge in [-0.1, -0.05) is 30.3 Å².